The molecule has 1 aromatic carbocycles. The van der Waals surface area contributed by atoms with Crippen LogP contribution in [0.15, 0.2) is 36.4 Å². The number of hydrogen-bond acceptors (Lipinski definition) is 7. The summed E-state index contributed by atoms with van der Waals surface area (Å²) in [6, 6.07) is 10.1. The first kappa shape index (κ1) is 23.2. The second kappa shape index (κ2) is 10.6. The highest BCUT2D eigenvalue weighted by atomic mass is 32.1. The fourth-order valence-electron chi connectivity index (χ4n) is 2.33. The summed E-state index contributed by atoms with van der Waals surface area (Å²) in [6.07, 6.45) is 0.0624. The highest BCUT2D eigenvalue weighted by Crippen LogP contribution is 2.25. The average Bonchev–Trinajstić information content (AvgIpc) is 3.14. The molecule has 0 aliphatic rings. The number of para-hydroxylation sites is 1. The standard InChI is InChI=1S/C21H26N2O6S/c1-21(2,3)29-20(26)22-12-7-13-28-15-9-6-5-8-14(15)18(24)23-17-11-10-16(30-17)19(25)27-4/h5-6,8-11H,7,12-13H2,1-4H3,(H,22,26)(H,23,24). The molecule has 8 nitrogen and oxygen atoms in total. The van der Waals surface area contributed by atoms with Gasteiger partial charge >= 0.3 is 12.1 Å². The van der Waals surface area contributed by atoms with Crippen LogP contribution in [0.5, 0.6) is 5.75 Å². The van der Waals surface area contributed by atoms with Gasteiger partial charge in [-0.3, -0.25) is 4.79 Å². The number of rotatable bonds is 8. The van der Waals surface area contributed by atoms with Gasteiger partial charge in [-0.2, -0.15) is 0 Å². The van der Waals surface area contributed by atoms with E-state index in [-0.39, 0.29) is 5.91 Å². The van der Waals surface area contributed by atoms with Gasteiger partial charge in [0, 0.05) is 6.54 Å². The number of ether oxygens (including phenoxy) is 3. The number of thiophene rings is 1. The number of benzene rings is 1. The van der Waals surface area contributed by atoms with E-state index in [9.17, 15) is 14.4 Å². The van der Waals surface area contributed by atoms with Crippen molar-refractivity contribution in [1.82, 2.24) is 5.32 Å². The van der Waals surface area contributed by atoms with E-state index in [1.165, 1.54) is 7.11 Å². The molecule has 2 N–H and O–H groups in total. The van der Waals surface area contributed by atoms with Crippen LogP contribution in [0, 0.1) is 0 Å². The van der Waals surface area contributed by atoms with Crippen LogP contribution in [0.1, 0.15) is 47.2 Å². The fourth-order valence-corrected chi connectivity index (χ4v) is 3.15. The third kappa shape index (κ3) is 7.40. The minimum absolute atomic E-state index is 0.311. The molecule has 2 aromatic rings. The molecule has 162 valence electrons. The number of anilines is 1. The molecule has 30 heavy (non-hydrogen) atoms. The molecule has 0 unspecified atom stereocenters. The highest BCUT2D eigenvalue weighted by Gasteiger charge is 2.16. The summed E-state index contributed by atoms with van der Waals surface area (Å²) < 4.78 is 15.5. The van der Waals surface area contributed by atoms with Gasteiger partial charge in [-0.25, -0.2) is 9.59 Å². The predicted molar refractivity (Wildman–Crippen MR) is 114 cm³/mol. The smallest absolute Gasteiger partial charge is 0.407 e. The molecule has 0 spiro atoms. The number of alkyl carbamates (subject to hydrolysis) is 1. The molecule has 2 amide bonds. The maximum atomic E-state index is 12.6. The van der Waals surface area contributed by atoms with Gasteiger partial charge in [0.2, 0.25) is 0 Å². The minimum atomic E-state index is -0.549. The van der Waals surface area contributed by atoms with Gasteiger partial charge in [0.05, 0.1) is 24.3 Å². The van der Waals surface area contributed by atoms with Crippen molar-refractivity contribution in [3.63, 3.8) is 0 Å². The molecule has 0 bridgehead atoms. The number of carbonyl (C=O) groups is 3. The van der Waals surface area contributed by atoms with E-state index in [1.54, 1.807) is 57.2 Å². The summed E-state index contributed by atoms with van der Waals surface area (Å²) in [7, 11) is 1.30. The van der Waals surface area contributed by atoms with Crippen molar-refractivity contribution in [1.29, 1.82) is 0 Å². The Bertz CT molecular complexity index is 888. The Labute approximate surface area is 179 Å². The van der Waals surface area contributed by atoms with Gasteiger partial charge in [-0.15, -0.1) is 11.3 Å². The van der Waals surface area contributed by atoms with Crippen molar-refractivity contribution >= 4 is 34.3 Å². The van der Waals surface area contributed by atoms with Crippen molar-refractivity contribution in [2.45, 2.75) is 32.8 Å². The zero-order valence-corrected chi connectivity index (χ0v) is 18.3. The number of esters is 1. The van der Waals surface area contributed by atoms with Crippen LogP contribution in [0.25, 0.3) is 0 Å². The molecule has 1 heterocycles. The van der Waals surface area contributed by atoms with Crippen LogP contribution in [0.4, 0.5) is 9.80 Å². The molecular formula is C21H26N2O6S. The van der Waals surface area contributed by atoms with E-state index in [0.29, 0.717) is 40.8 Å². The summed E-state index contributed by atoms with van der Waals surface area (Å²) >= 11 is 1.13. The molecule has 0 radical (unpaired) electrons. The lowest BCUT2D eigenvalue weighted by Gasteiger charge is -2.19. The minimum Gasteiger partial charge on any atom is -0.493 e. The van der Waals surface area contributed by atoms with E-state index >= 15 is 0 Å². The average molecular weight is 435 g/mol. The predicted octanol–water partition coefficient (Wildman–Crippen LogP) is 4.08. The summed E-state index contributed by atoms with van der Waals surface area (Å²) in [4.78, 5) is 36.2. The van der Waals surface area contributed by atoms with Crippen LogP contribution >= 0.6 is 11.3 Å². The zero-order valence-electron chi connectivity index (χ0n) is 17.4. The van der Waals surface area contributed by atoms with E-state index in [0.717, 1.165) is 11.3 Å². The SMILES string of the molecule is COC(=O)c1ccc(NC(=O)c2ccccc2OCCCNC(=O)OC(C)(C)C)s1. The Morgan fingerprint density at radius 3 is 2.50 bits per heavy atom. The molecule has 0 saturated carbocycles. The van der Waals surface area contributed by atoms with Crippen molar-refractivity contribution in [3.05, 3.63) is 46.8 Å². The Balaban J connectivity index is 1.86. The number of methoxy groups -OCH3 is 1. The first-order valence-corrected chi connectivity index (χ1v) is 10.2. The normalized spacial score (nSPS) is 10.8. The molecule has 0 atom stereocenters. The second-order valence-corrected chi connectivity index (χ2v) is 8.32. The highest BCUT2D eigenvalue weighted by molar-refractivity contribution is 7.18. The zero-order chi connectivity index (χ0) is 22.1. The lowest BCUT2D eigenvalue weighted by Crippen LogP contribution is -2.33. The second-order valence-electron chi connectivity index (χ2n) is 7.24. The van der Waals surface area contributed by atoms with Crippen LogP contribution in [-0.4, -0.2) is 43.8 Å². The van der Waals surface area contributed by atoms with Gasteiger partial charge in [0.25, 0.3) is 5.91 Å². The van der Waals surface area contributed by atoms with Gasteiger partial charge in [-0.05, 0) is 51.5 Å². The molecule has 9 heteroatoms. The Morgan fingerprint density at radius 1 is 1.07 bits per heavy atom. The van der Waals surface area contributed by atoms with E-state index in [1.807, 2.05) is 0 Å². The van der Waals surface area contributed by atoms with Crippen molar-refractivity contribution in [2.75, 3.05) is 25.6 Å². The van der Waals surface area contributed by atoms with Gasteiger partial charge in [-0.1, -0.05) is 12.1 Å². The molecule has 0 aliphatic heterocycles. The van der Waals surface area contributed by atoms with E-state index < -0.39 is 17.7 Å². The summed E-state index contributed by atoms with van der Waals surface area (Å²) in [6.45, 7) is 6.08. The molecule has 1 aromatic heterocycles. The third-order valence-electron chi connectivity index (χ3n) is 3.61. The lowest BCUT2D eigenvalue weighted by molar-refractivity contribution is 0.0524. The van der Waals surface area contributed by atoms with E-state index in [4.69, 9.17) is 9.47 Å². The summed E-state index contributed by atoms with van der Waals surface area (Å²) in [5, 5.41) is 5.93. The fraction of sp³-hybridized carbons (Fsp3) is 0.381. The topological polar surface area (TPSA) is 103 Å². The molecule has 2 rings (SSSR count). The van der Waals surface area contributed by atoms with Crippen LogP contribution in [0.2, 0.25) is 0 Å². The Hall–Kier alpha value is -3.07. The van der Waals surface area contributed by atoms with Crippen molar-refractivity contribution in [3.8, 4) is 5.75 Å². The molecule has 0 aliphatic carbocycles. The Morgan fingerprint density at radius 2 is 1.80 bits per heavy atom. The van der Waals surface area contributed by atoms with Crippen LogP contribution in [-0.2, 0) is 9.47 Å². The number of nitrogens with one attached hydrogen (secondary N) is 2. The quantitative estimate of drug-likeness (QED) is 0.479. The monoisotopic (exact) mass is 434 g/mol. The first-order valence-electron chi connectivity index (χ1n) is 9.38. The van der Waals surface area contributed by atoms with Crippen LogP contribution in [0.3, 0.4) is 0 Å². The first-order chi connectivity index (χ1) is 14.2. The Kier molecular flexibility index (Phi) is 8.23. The maximum Gasteiger partial charge on any atom is 0.407 e. The third-order valence-corrected chi connectivity index (χ3v) is 4.59. The van der Waals surface area contributed by atoms with Gasteiger partial charge in [0.1, 0.15) is 16.2 Å². The van der Waals surface area contributed by atoms with Crippen molar-refractivity contribution in [2.24, 2.45) is 0 Å². The molecule has 0 saturated heterocycles. The van der Waals surface area contributed by atoms with Crippen molar-refractivity contribution < 1.29 is 28.6 Å². The van der Waals surface area contributed by atoms with Gasteiger partial charge < -0.3 is 24.8 Å². The number of carbonyl (C=O) groups excluding carboxylic acids is 3. The summed E-state index contributed by atoms with van der Waals surface area (Å²) in [5.41, 5.74) is -0.182. The lowest BCUT2D eigenvalue weighted by atomic mass is 10.2. The largest absolute Gasteiger partial charge is 0.493 e. The molecular weight excluding hydrogens is 408 g/mol. The van der Waals surface area contributed by atoms with Crippen LogP contribution < -0.4 is 15.4 Å². The number of amides is 2. The summed E-state index contributed by atoms with van der Waals surface area (Å²) in [5.74, 6) is -0.378. The maximum absolute atomic E-state index is 12.6. The molecule has 0 fully saturated rings. The van der Waals surface area contributed by atoms with E-state index in [2.05, 4.69) is 15.4 Å². The number of hydrogen-bond donors (Lipinski definition) is 2. The van der Waals surface area contributed by atoms with Gasteiger partial charge in [0.15, 0.2) is 0 Å².